The third-order valence-corrected chi connectivity index (χ3v) is 10.0. The minimum Gasteiger partial charge on any atom is -0.483 e. The van der Waals surface area contributed by atoms with E-state index in [1.54, 1.807) is 59.5 Å². The van der Waals surface area contributed by atoms with Gasteiger partial charge < -0.3 is 19.5 Å². The van der Waals surface area contributed by atoms with Crippen LogP contribution in [0.2, 0.25) is 5.02 Å². The van der Waals surface area contributed by atoms with Gasteiger partial charge in [0.05, 0.1) is 13.2 Å². The molecule has 1 saturated heterocycles. The highest BCUT2D eigenvalue weighted by Crippen LogP contribution is 2.55. The van der Waals surface area contributed by atoms with Crippen molar-refractivity contribution in [2.45, 2.75) is 22.1 Å². The predicted molar refractivity (Wildman–Crippen MR) is 142 cm³/mol. The number of nitrogens with zero attached hydrogens (tertiary/aromatic N) is 1. The van der Waals surface area contributed by atoms with Crippen molar-refractivity contribution in [3.63, 3.8) is 0 Å². The van der Waals surface area contributed by atoms with Gasteiger partial charge in [-0.05, 0) is 47.9 Å². The highest BCUT2D eigenvalue weighted by Gasteiger charge is 2.64. The van der Waals surface area contributed by atoms with Crippen LogP contribution in [0.25, 0.3) is 10.4 Å². The maximum Gasteiger partial charge on any atom is 0.325 e. The number of carboxylic acids is 1. The summed E-state index contributed by atoms with van der Waals surface area (Å²) >= 11 is 6.98. The van der Waals surface area contributed by atoms with Gasteiger partial charge >= 0.3 is 5.97 Å². The van der Waals surface area contributed by atoms with E-state index in [1.165, 1.54) is 6.07 Å². The number of carboxylic acid groups (broad SMARTS) is 1. The molecule has 1 amide bonds. The lowest BCUT2D eigenvalue weighted by Gasteiger charge is -2.27. The predicted octanol–water partition coefficient (Wildman–Crippen LogP) is 3.60. The number of ether oxygens (including phenoxy) is 2. The van der Waals surface area contributed by atoms with Crippen LogP contribution in [0.5, 0.6) is 5.75 Å². The van der Waals surface area contributed by atoms with E-state index < -0.39 is 27.4 Å². The zero-order valence-corrected chi connectivity index (χ0v) is 22.5. The second kappa shape index (κ2) is 10.7. The fourth-order valence-electron chi connectivity index (χ4n) is 4.50. The number of nitrogens with one attached hydrogen (secondary N) is 1. The van der Waals surface area contributed by atoms with Crippen LogP contribution in [0.1, 0.15) is 17.9 Å². The lowest BCUT2D eigenvalue weighted by atomic mass is 10.1. The Bertz CT molecular complexity index is 1450. The number of amides is 1. The van der Waals surface area contributed by atoms with Crippen LogP contribution >= 0.6 is 22.9 Å². The topological polar surface area (TPSA) is 122 Å². The number of benzene rings is 2. The van der Waals surface area contributed by atoms with Gasteiger partial charge in [-0.2, -0.15) is 4.72 Å². The molecule has 2 N–H and O–H groups in total. The Morgan fingerprint density at radius 1 is 1.11 bits per heavy atom. The summed E-state index contributed by atoms with van der Waals surface area (Å²) in [6, 6.07) is 16.9. The van der Waals surface area contributed by atoms with E-state index in [0.717, 1.165) is 16.9 Å². The SMILES string of the molecule is O=C(COc1ccccc1[C@@H]1C[C@]1(NS(=O)(=O)c1ccc(-c2ccc(Cl)cc2)s1)C(=O)O)N1CCOCC1. The number of aliphatic carboxylic acids is 1. The monoisotopic (exact) mass is 576 g/mol. The van der Waals surface area contributed by atoms with Gasteiger partial charge in [0.1, 0.15) is 15.5 Å². The van der Waals surface area contributed by atoms with Crippen LogP contribution in [-0.4, -0.2) is 68.7 Å². The van der Waals surface area contributed by atoms with E-state index in [0.29, 0.717) is 47.5 Å². The number of hydrogen-bond donors (Lipinski definition) is 2. The van der Waals surface area contributed by atoms with Crippen molar-refractivity contribution in [2.24, 2.45) is 0 Å². The summed E-state index contributed by atoms with van der Waals surface area (Å²) in [7, 11) is -4.14. The molecule has 3 aromatic rings. The number of halogens is 1. The first kappa shape index (κ1) is 26.6. The number of hydrogen-bond acceptors (Lipinski definition) is 7. The normalized spacial score (nSPS) is 21.2. The molecular formula is C26H25ClN2O7S2. The number of para-hydroxylation sites is 1. The number of morpholine rings is 1. The van der Waals surface area contributed by atoms with Crippen LogP contribution in [0.15, 0.2) is 64.9 Å². The molecule has 2 aromatic carbocycles. The first-order valence-corrected chi connectivity index (χ1v) is 14.6. The molecule has 2 aliphatic rings. The standard InChI is InChI=1S/C26H25ClN2O7S2/c27-18-7-5-17(6-8-18)22-9-10-24(37-22)38(33,34)28-26(25(31)32)15-20(26)19-3-1-2-4-21(19)36-16-23(30)29-11-13-35-14-12-29/h1-10,20,28H,11-16H2,(H,31,32)/t20-,26+/m0/s1. The van der Waals surface area contributed by atoms with Gasteiger partial charge in [-0.3, -0.25) is 9.59 Å². The van der Waals surface area contributed by atoms with Crippen LogP contribution in [-0.2, 0) is 24.3 Å². The summed E-state index contributed by atoms with van der Waals surface area (Å²) in [6.45, 7) is 1.70. The van der Waals surface area contributed by atoms with Crippen molar-refractivity contribution in [3.05, 3.63) is 71.2 Å². The summed E-state index contributed by atoms with van der Waals surface area (Å²) in [5.41, 5.74) is -0.395. The average Bonchev–Trinajstić information content (AvgIpc) is 3.39. The molecule has 5 rings (SSSR count). The number of sulfonamides is 1. The van der Waals surface area contributed by atoms with Crippen molar-refractivity contribution < 1.29 is 32.6 Å². The maximum atomic E-state index is 13.3. The van der Waals surface area contributed by atoms with Gasteiger partial charge in [0.2, 0.25) is 0 Å². The lowest BCUT2D eigenvalue weighted by molar-refractivity contribution is -0.140. The Hall–Kier alpha value is -2.96. The zero-order valence-electron chi connectivity index (χ0n) is 20.1. The summed E-state index contributed by atoms with van der Waals surface area (Å²) in [5, 5.41) is 10.7. The molecule has 2 heterocycles. The smallest absolute Gasteiger partial charge is 0.325 e. The minimum absolute atomic E-state index is 0.00867. The second-order valence-corrected chi connectivity index (χ2v) is 12.5. The maximum absolute atomic E-state index is 13.3. The van der Waals surface area contributed by atoms with E-state index in [-0.39, 0.29) is 23.1 Å². The molecular weight excluding hydrogens is 552 g/mol. The van der Waals surface area contributed by atoms with E-state index >= 15 is 0 Å². The van der Waals surface area contributed by atoms with E-state index in [4.69, 9.17) is 21.1 Å². The van der Waals surface area contributed by atoms with Crippen molar-refractivity contribution in [1.82, 2.24) is 9.62 Å². The quantitative estimate of drug-likeness (QED) is 0.399. The molecule has 200 valence electrons. The average molecular weight is 577 g/mol. The Labute approximate surface area is 229 Å². The number of thiophene rings is 1. The van der Waals surface area contributed by atoms with Gasteiger partial charge in [-0.25, -0.2) is 8.42 Å². The third kappa shape index (κ3) is 5.43. The fourth-order valence-corrected chi connectivity index (χ4v) is 7.34. The number of rotatable bonds is 9. The van der Waals surface area contributed by atoms with Gasteiger partial charge in [0.25, 0.3) is 15.9 Å². The van der Waals surface area contributed by atoms with E-state index in [1.807, 2.05) is 0 Å². The fraction of sp³-hybridized carbons (Fsp3) is 0.308. The van der Waals surface area contributed by atoms with Crippen LogP contribution in [0.3, 0.4) is 0 Å². The van der Waals surface area contributed by atoms with Gasteiger partial charge in [0.15, 0.2) is 6.61 Å². The van der Waals surface area contributed by atoms with E-state index in [2.05, 4.69) is 4.72 Å². The molecule has 0 spiro atoms. The summed E-state index contributed by atoms with van der Waals surface area (Å²) in [5.74, 6) is -1.79. The lowest BCUT2D eigenvalue weighted by Crippen LogP contribution is -2.44. The Kier molecular flexibility index (Phi) is 7.47. The number of carbonyl (C=O) groups excluding carboxylic acids is 1. The molecule has 9 nitrogen and oxygen atoms in total. The van der Waals surface area contributed by atoms with Crippen molar-refractivity contribution in [3.8, 4) is 16.2 Å². The molecule has 0 radical (unpaired) electrons. The molecule has 38 heavy (non-hydrogen) atoms. The number of carbonyl (C=O) groups is 2. The first-order chi connectivity index (χ1) is 18.2. The van der Waals surface area contributed by atoms with Crippen LogP contribution in [0, 0.1) is 0 Å². The molecule has 1 aliphatic carbocycles. The van der Waals surface area contributed by atoms with E-state index in [9.17, 15) is 23.1 Å². The molecule has 2 atom stereocenters. The van der Waals surface area contributed by atoms with Crippen molar-refractivity contribution >= 4 is 44.8 Å². The highest BCUT2D eigenvalue weighted by atomic mass is 35.5. The molecule has 1 aromatic heterocycles. The largest absolute Gasteiger partial charge is 0.483 e. The third-order valence-electron chi connectivity index (χ3n) is 6.64. The molecule has 1 aliphatic heterocycles. The van der Waals surface area contributed by atoms with Crippen LogP contribution in [0.4, 0.5) is 0 Å². The second-order valence-electron chi connectivity index (χ2n) is 9.08. The summed E-state index contributed by atoms with van der Waals surface area (Å²) in [6.07, 6.45) is 0.0504. The molecule has 0 bridgehead atoms. The molecule has 2 fully saturated rings. The highest BCUT2D eigenvalue weighted by molar-refractivity contribution is 7.91. The summed E-state index contributed by atoms with van der Waals surface area (Å²) < 4.78 is 40.0. The molecule has 0 unspecified atom stereocenters. The Balaban J connectivity index is 1.33. The van der Waals surface area contributed by atoms with Gasteiger partial charge in [-0.1, -0.05) is 41.9 Å². The van der Waals surface area contributed by atoms with Crippen molar-refractivity contribution in [2.75, 3.05) is 32.9 Å². The first-order valence-electron chi connectivity index (χ1n) is 11.9. The Morgan fingerprint density at radius 2 is 1.82 bits per heavy atom. The molecule has 1 saturated carbocycles. The Morgan fingerprint density at radius 3 is 2.53 bits per heavy atom. The summed E-state index contributed by atoms with van der Waals surface area (Å²) in [4.78, 5) is 27.3. The van der Waals surface area contributed by atoms with Gasteiger partial charge in [0, 0.05) is 28.9 Å². The zero-order chi connectivity index (χ0) is 26.9. The van der Waals surface area contributed by atoms with Crippen molar-refractivity contribution in [1.29, 1.82) is 0 Å². The van der Waals surface area contributed by atoms with Crippen LogP contribution < -0.4 is 9.46 Å². The molecule has 12 heteroatoms. The van der Waals surface area contributed by atoms with Gasteiger partial charge in [-0.15, -0.1) is 11.3 Å². The minimum atomic E-state index is -4.14.